The molecular formula is C31H50N4O10. The van der Waals surface area contributed by atoms with Gasteiger partial charge in [-0.05, 0) is 57.5 Å². The van der Waals surface area contributed by atoms with Crippen LogP contribution >= 0.6 is 0 Å². The molecule has 0 spiro atoms. The second-order valence-electron chi connectivity index (χ2n) is 10.8. The van der Waals surface area contributed by atoms with E-state index in [4.69, 9.17) is 28.8 Å². The Labute approximate surface area is 266 Å². The average Bonchev–Trinajstić information content (AvgIpc) is 3.00. The van der Waals surface area contributed by atoms with Gasteiger partial charge in [0.25, 0.3) is 5.91 Å². The predicted molar refractivity (Wildman–Crippen MR) is 168 cm³/mol. The van der Waals surface area contributed by atoms with E-state index < -0.39 is 23.3 Å². The summed E-state index contributed by atoms with van der Waals surface area (Å²) in [5.41, 5.74) is -0.0504. The number of likely N-dealkylation sites (N-methyl/N-ethyl adjacent to an activating group) is 2. The highest BCUT2D eigenvalue weighted by molar-refractivity contribution is 6.05. The minimum absolute atomic E-state index is 0.107. The summed E-state index contributed by atoms with van der Waals surface area (Å²) in [5.74, 6) is -0.167. The lowest BCUT2D eigenvalue weighted by Crippen LogP contribution is -2.49. The molecule has 0 bridgehead atoms. The number of ketones is 1. The summed E-state index contributed by atoms with van der Waals surface area (Å²) in [6.45, 7) is 10.5. The topological polar surface area (TPSA) is 157 Å². The van der Waals surface area contributed by atoms with Gasteiger partial charge in [-0.15, -0.1) is 0 Å². The van der Waals surface area contributed by atoms with Crippen molar-refractivity contribution in [2.75, 3.05) is 93.7 Å². The van der Waals surface area contributed by atoms with E-state index in [1.807, 2.05) is 12.1 Å². The molecule has 1 N–H and O–H groups in total. The summed E-state index contributed by atoms with van der Waals surface area (Å²) in [7, 11) is 4.44. The van der Waals surface area contributed by atoms with E-state index in [1.54, 1.807) is 19.1 Å². The Morgan fingerprint density at radius 3 is 1.67 bits per heavy atom. The molecule has 0 aliphatic heterocycles. The molecule has 3 amide bonds. The van der Waals surface area contributed by atoms with Crippen LogP contribution in [0, 0.1) is 5.41 Å². The van der Waals surface area contributed by atoms with Crippen molar-refractivity contribution in [3.63, 3.8) is 0 Å². The predicted octanol–water partition coefficient (Wildman–Crippen LogP) is 2.39. The first-order valence-corrected chi connectivity index (χ1v) is 14.8. The number of Topliss-reactive ketones (excluding diaryl/α,β-unsaturated/α-hetero) is 1. The molecule has 0 aliphatic carbocycles. The molecular weight excluding hydrogens is 588 g/mol. The molecule has 1 rings (SSSR count). The Morgan fingerprint density at radius 1 is 0.711 bits per heavy atom. The van der Waals surface area contributed by atoms with E-state index in [2.05, 4.69) is 5.10 Å². The number of carbonyl (C=O) groups excluding carboxylic acids is 3. The van der Waals surface area contributed by atoms with Crippen molar-refractivity contribution < 1.29 is 48.0 Å². The third-order valence-electron chi connectivity index (χ3n) is 6.59. The maximum atomic E-state index is 13.1. The quantitative estimate of drug-likeness (QED) is 0.0817. The van der Waals surface area contributed by atoms with Crippen LogP contribution in [0.5, 0.6) is 5.75 Å². The molecule has 254 valence electrons. The fourth-order valence-corrected chi connectivity index (χ4v) is 3.79. The Kier molecular flexibility index (Phi) is 18.6. The number of hydrazone groups is 1. The second kappa shape index (κ2) is 21.2. The zero-order valence-corrected chi connectivity index (χ0v) is 27.7. The Hall–Kier alpha value is -3.59. The molecule has 0 atom stereocenters. The van der Waals surface area contributed by atoms with Crippen molar-refractivity contribution in [3.8, 4) is 5.75 Å². The number of carbonyl (C=O) groups is 4. The lowest BCUT2D eigenvalue weighted by atomic mass is 9.90. The highest BCUT2D eigenvalue weighted by atomic mass is 16.6. The van der Waals surface area contributed by atoms with Gasteiger partial charge in [0.2, 0.25) is 5.91 Å². The van der Waals surface area contributed by atoms with Gasteiger partial charge in [0.1, 0.15) is 23.6 Å². The summed E-state index contributed by atoms with van der Waals surface area (Å²) in [5, 5.41) is 14.5. The molecule has 0 aliphatic rings. The summed E-state index contributed by atoms with van der Waals surface area (Å²) in [6.07, 6.45) is -0.675. The molecule has 1 aromatic carbocycles. The van der Waals surface area contributed by atoms with Gasteiger partial charge in [0.15, 0.2) is 0 Å². The zero-order valence-electron chi connectivity index (χ0n) is 27.7. The molecule has 0 fully saturated rings. The van der Waals surface area contributed by atoms with Gasteiger partial charge in [-0.1, -0.05) is 0 Å². The average molecular weight is 639 g/mol. The minimum Gasteiger partial charge on any atom is -0.491 e. The van der Waals surface area contributed by atoms with Crippen molar-refractivity contribution in [3.05, 3.63) is 29.8 Å². The molecule has 14 heteroatoms. The van der Waals surface area contributed by atoms with Crippen molar-refractivity contribution in [1.82, 2.24) is 14.8 Å². The van der Waals surface area contributed by atoms with Crippen LogP contribution < -0.4 is 4.74 Å². The number of nitrogens with zero attached hydrogens (tertiary/aromatic N) is 4. The van der Waals surface area contributed by atoms with Crippen LogP contribution in [0.4, 0.5) is 4.79 Å². The molecule has 0 aromatic heterocycles. The molecule has 14 nitrogen and oxygen atoms in total. The molecule has 1 aromatic rings. The molecule has 45 heavy (non-hydrogen) atoms. The van der Waals surface area contributed by atoms with Crippen molar-refractivity contribution >= 4 is 29.4 Å². The number of benzene rings is 1. The smallest absolute Gasteiger partial charge is 0.407 e. The van der Waals surface area contributed by atoms with Crippen LogP contribution in [0.3, 0.4) is 0 Å². The van der Waals surface area contributed by atoms with E-state index in [9.17, 15) is 19.2 Å². The Bertz CT molecular complexity index is 1090. The fraction of sp³-hybridized carbons (Fsp3) is 0.645. The number of carboxylic acid groups (broad SMARTS) is 1. The monoisotopic (exact) mass is 638 g/mol. The minimum atomic E-state index is -1.40. The summed E-state index contributed by atoms with van der Waals surface area (Å²) in [6, 6.07) is 7.24. The van der Waals surface area contributed by atoms with Crippen LogP contribution in [-0.4, -0.2) is 143 Å². The standard InChI is InChI=1S/C31H50N4O10/c1-24(36)12-15-41-16-17-42-18-19-43-20-21-44-22-23-45-27-10-8-26(9-11-27)25(2)32-35(7)29(38)31(3,4)28(37)33(5)13-14-34(6)30(39)40/h8-11H,12-23H2,1-7H3,(H,39,40). The highest BCUT2D eigenvalue weighted by Crippen LogP contribution is 2.22. The van der Waals surface area contributed by atoms with E-state index >= 15 is 0 Å². The van der Waals surface area contributed by atoms with Crippen LogP contribution in [0.2, 0.25) is 0 Å². The number of ether oxygens (including phenoxy) is 5. The van der Waals surface area contributed by atoms with Crippen LogP contribution in [-0.2, 0) is 33.3 Å². The number of hydrogen-bond acceptors (Lipinski definition) is 10. The molecule has 0 saturated heterocycles. The normalized spacial score (nSPS) is 11.7. The van der Waals surface area contributed by atoms with E-state index in [-0.39, 0.29) is 18.9 Å². The van der Waals surface area contributed by atoms with E-state index in [0.717, 1.165) is 15.5 Å². The summed E-state index contributed by atoms with van der Waals surface area (Å²) in [4.78, 5) is 50.3. The first-order valence-electron chi connectivity index (χ1n) is 14.8. The van der Waals surface area contributed by atoms with Gasteiger partial charge < -0.3 is 38.6 Å². The molecule has 0 unspecified atom stereocenters. The lowest BCUT2D eigenvalue weighted by Gasteiger charge is -2.31. The molecule has 0 saturated carbocycles. The largest absolute Gasteiger partial charge is 0.491 e. The first-order chi connectivity index (χ1) is 21.3. The highest BCUT2D eigenvalue weighted by Gasteiger charge is 2.40. The first kappa shape index (κ1) is 39.4. The number of rotatable bonds is 23. The molecule has 0 radical (unpaired) electrons. The fourth-order valence-electron chi connectivity index (χ4n) is 3.79. The van der Waals surface area contributed by atoms with Crippen molar-refractivity contribution in [2.24, 2.45) is 10.5 Å². The number of amides is 3. The molecule has 0 heterocycles. The van der Waals surface area contributed by atoms with Gasteiger partial charge in [-0.3, -0.25) is 14.4 Å². The third-order valence-corrected chi connectivity index (χ3v) is 6.59. The van der Waals surface area contributed by atoms with Gasteiger partial charge in [-0.2, -0.15) is 5.10 Å². The SMILES string of the molecule is CC(=O)CCOCCOCCOCCOCCOc1ccc(C(C)=NN(C)C(=O)C(C)(C)C(=O)N(C)CCN(C)C(=O)O)cc1. The summed E-state index contributed by atoms with van der Waals surface area (Å²) >= 11 is 0. The maximum absolute atomic E-state index is 13.1. The van der Waals surface area contributed by atoms with E-state index in [0.29, 0.717) is 77.3 Å². The van der Waals surface area contributed by atoms with E-state index in [1.165, 1.54) is 46.8 Å². The zero-order chi connectivity index (χ0) is 33.8. The summed E-state index contributed by atoms with van der Waals surface area (Å²) < 4.78 is 27.3. The van der Waals surface area contributed by atoms with Gasteiger partial charge in [0, 0.05) is 40.7 Å². The van der Waals surface area contributed by atoms with Crippen molar-refractivity contribution in [2.45, 2.75) is 34.1 Å². The Morgan fingerprint density at radius 2 is 1.18 bits per heavy atom. The Balaban J connectivity index is 2.34. The number of hydrogen-bond donors (Lipinski definition) is 1. The van der Waals surface area contributed by atoms with Gasteiger partial charge >= 0.3 is 6.09 Å². The van der Waals surface area contributed by atoms with Crippen molar-refractivity contribution in [1.29, 1.82) is 0 Å². The maximum Gasteiger partial charge on any atom is 0.407 e. The van der Waals surface area contributed by atoms with Crippen LogP contribution in [0.25, 0.3) is 0 Å². The van der Waals surface area contributed by atoms with Crippen LogP contribution in [0.1, 0.15) is 39.7 Å². The van der Waals surface area contributed by atoms with Gasteiger partial charge in [0.05, 0.1) is 58.6 Å². The lowest BCUT2D eigenvalue weighted by molar-refractivity contribution is -0.152. The second-order valence-corrected chi connectivity index (χ2v) is 10.8. The third kappa shape index (κ3) is 15.8. The van der Waals surface area contributed by atoms with Crippen LogP contribution in [0.15, 0.2) is 29.4 Å². The van der Waals surface area contributed by atoms with Gasteiger partial charge in [-0.25, -0.2) is 9.80 Å².